The maximum atomic E-state index is 11.2. The average Bonchev–Trinajstić information content (AvgIpc) is 2.75. The van der Waals surface area contributed by atoms with Crippen LogP contribution >= 0.6 is 12.2 Å². The van der Waals surface area contributed by atoms with E-state index < -0.39 is 0 Å². The van der Waals surface area contributed by atoms with Crippen LogP contribution in [-0.4, -0.2) is 27.6 Å². The fourth-order valence-electron chi connectivity index (χ4n) is 2.15. The first-order chi connectivity index (χ1) is 9.61. The van der Waals surface area contributed by atoms with Crippen LogP contribution in [0.3, 0.4) is 0 Å². The van der Waals surface area contributed by atoms with Gasteiger partial charge in [-0.15, -0.1) is 0 Å². The Morgan fingerprint density at radius 3 is 2.90 bits per heavy atom. The Kier molecular flexibility index (Phi) is 4.68. The molecule has 0 aliphatic rings. The predicted octanol–water partition coefficient (Wildman–Crippen LogP) is 1.82. The Morgan fingerprint density at radius 2 is 2.20 bits per heavy atom. The average molecular weight is 291 g/mol. The van der Waals surface area contributed by atoms with Gasteiger partial charge in [-0.05, 0) is 18.6 Å². The molecule has 0 unspecified atom stereocenters. The third-order valence-electron chi connectivity index (χ3n) is 3.06. The molecule has 0 amide bonds. The number of para-hydroxylation sites is 2. The van der Waals surface area contributed by atoms with Crippen LogP contribution in [0.25, 0.3) is 11.0 Å². The quantitative estimate of drug-likeness (QED) is 0.649. The zero-order valence-electron chi connectivity index (χ0n) is 11.3. The van der Waals surface area contributed by atoms with Gasteiger partial charge >= 0.3 is 5.97 Å². The highest BCUT2D eigenvalue weighted by atomic mass is 32.1. The number of hydrogen-bond donors (Lipinski definition) is 1. The number of aromatic nitrogens is 2. The Balaban J connectivity index is 2.23. The Hall–Kier alpha value is -1.95. The van der Waals surface area contributed by atoms with Gasteiger partial charge in [0.05, 0.1) is 29.6 Å². The number of thiocarbonyl (C=S) groups is 1. The summed E-state index contributed by atoms with van der Waals surface area (Å²) < 4.78 is 6.71. The van der Waals surface area contributed by atoms with E-state index in [0.717, 1.165) is 16.9 Å². The van der Waals surface area contributed by atoms with E-state index >= 15 is 0 Å². The SMILES string of the molecule is COC(=O)CCCn1c(CC(N)=S)nc2ccccc21. The van der Waals surface area contributed by atoms with E-state index in [1.807, 2.05) is 24.3 Å². The van der Waals surface area contributed by atoms with Gasteiger partial charge in [-0.2, -0.15) is 0 Å². The van der Waals surface area contributed by atoms with Gasteiger partial charge < -0.3 is 15.0 Å². The van der Waals surface area contributed by atoms with Gasteiger partial charge in [0.25, 0.3) is 0 Å². The topological polar surface area (TPSA) is 70.1 Å². The van der Waals surface area contributed by atoms with Crippen LogP contribution < -0.4 is 5.73 Å². The number of methoxy groups -OCH3 is 1. The summed E-state index contributed by atoms with van der Waals surface area (Å²) in [6.45, 7) is 0.688. The van der Waals surface area contributed by atoms with Crippen molar-refractivity contribution in [3.8, 4) is 0 Å². The second-order valence-electron chi connectivity index (χ2n) is 4.49. The van der Waals surface area contributed by atoms with Crippen molar-refractivity contribution in [2.75, 3.05) is 7.11 Å². The molecule has 0 saturated carbocycles. The van der Waals surface area contributed by atoms with Gasteiger partial charge in [0.2, 0.25) is 0 Å². The van der Waals surface area contributed by atoms with E-state index in [-0.39, 0.29) is 5.97 Å². The molecule has 106 valence electrons. The molecule has 1 aromatic heterocycles. The lowest BCUT2D eigenvalue weighted by atomic mass is 10.3. The number of hydrogen-bond acceptors (Lipinski definition) is 4. The molecule has 0 atom stereocenters. The van der Waals surface area contributed by atoms with Crippen molar-refractivity contribution in [3.63, 3.8) is 0 Å². The third-order valence-corrected chi connectivity index (χ3v) is 3.20. The molecule has 0 spiro atoms. The summed E-state index contributed by atoms with van der Waals surface area (Å²) in [6, 6.07) is 7.86. The maximum absolute atomic E-state index is 11.2. The second-order valence-corrected chi connectivity index (χ2v) is 5.02. The summed E-state index contributed by atoms with van der Waals surface area (Å²) in [7, 11) is 1.40. The monoisotopic (exact) mass is 291 g/mol. The zero-order chi connectivity index (χ0) is 14.5. The molecule has 2 N–H and O–H groups in total. The van der Waals surface area contributed by atoms with Crippen LogP contribution in [0.5, 0.6) is 0 Å². The molecular weight excluding hydrogens is 274 g/mol. The molecule has 0 radical (unpaired) electrons. The van der Waals surface area contributed by atoms with E-state index in [1.165, 1.54) is 7.11 Å². The van der Waals surface area contributed by atoms with Crippen molar-refractivity contribution in [2.45, 2.75) is 25.8 Å². The largest absolute Gasteiger partial charge is 0.469 e. The van der Waals surface area contributed by atoms with Gasteiger partial charge in [-0.3, -0.25) is 4.79 Å². The van der Waals surface area contributed by atoms with Gasteiger partial charge in [-0.1, -0.05) is 24.4 Å². The van der Waals surface area contributed by atoms with Crippen LogP contribution in [0.4, 0.5) is 0 Å². The highest BCUT2D eigenvalue weighted by Crippen LogP contribution is 2.17. The zero-order valence-corrected chi connectivity index (χ0v) is 12.2. The minimum Gasteiger partial charge on any atom is -0.469 e. The molecule has 20 heavy (non-hydrogen) atoms. The molecule has 0 fully saturated rings. The van der Waals surface area contributed by atoms with E-state index in [4.69, 9.17) is 18.0 Å². The summed E-state index contributed by atoms with van der Waals surface area (Å²) >= 11 is 4.96. The van der Waals surface area contributed by atoms with Crippen LogP contribution in [0, 0.1) is 0 Å². The van der Waals surface area contributed by atoms with Crippen molar-refractivity contribution in [1.29, 1.82) is 0 Å². The molecule has 0 saturated heterocycles. The molecule has 0 aliphatic heterocycles. The number of imidazole rings is 1. The van der Waals surface area contributed by atoms with Gasteiger partial charge in [0.15, 0.2) is 0 Å². The van der Waals surface area contributed by atoms with Crippen molar-refractivity contribution in [3.05, 3.63) is 30.1 Å². The molecule has 1 heterocycles. The van der Waals surface area contributed by atoms with Crippen LogP contribution in [-0.2, 0) is 22.5 Å². The lowest BCUT2D eigenvalue weighted by molar-refractivity contribution is -0.140. The molecule has 2 rings (SSSR count). The molecule has 1 aromatic carbocycles. The first kappa shape index (κ1) is 14.5. The van der Waals surface area contributed by atoms with E-state index in [0.29, 0.717) is 30.8 Å². The number of carbonyl (C=O) groups is 1. The smallest absolute Gasteiger partial charge is 0.305 e. The Labute approximate surface area is 122 Å². The summed E-state index contributed by atoms with van der Waals surface area (Å²) in [5, 5.41) is 0. The van der Waals surface area contributed by atoms with Crippen LogP contribution in [0.2, 0.25) is 0 Å². The number of carbonyl (C=O) groups excluding carboxylic acids is 1. The summed E-state index contributed by atoms with van der Waals surface area (Å²) in [4.78, 5) is 16.1. The normalized spacial score (nSPS) is 10.7. The van der Waals surface area contributed by atoms with E-state index in [1.54, 1.807) is 0 Å². The van der Waals surface area contributed by atoms with Crippen molar-refractivity contribution in [1.82, 2.24) is 9.55 Å². The van der Waals surface area contributed by atoms with Crippen molar-refractivity contribution in [2.24, 2.45) is 5.73 Å². The van der Waals surface area contributed by atoms with Crippen molar-refractivity contribution >= 4 is 34.2 Å². The number of aryl methyl sites for hydroxylation is 1. The summed E-state index contributed by atoms with van der Waals surface area (Å²) in [5.41, 5.74) is 7.56. The van der Waals surface area contributed by atoms with Gasteiger partial charge in [0.1, 0.15) is 5.82 Å². The fourth-order valence-corrected chi connectivity index (χ4v) is 2.28. The number of esters is 1. The number of benzene rings is 1. The Morgan fingerprint density at radius 1 is 1.45 bits per heavy atom. The number of nitrogens with two attached hydrogens (primary N) is 1. The second kappa shape index (κ2) is 6.47. The number of rotatable bonds is 6. The maximum Gasteiger partial charge on any atom is 0.305 e. The lowest BCUT2D eigenvalue weighted by Gasteiger charge is -2.08. The first-order valence-corrected chi connectivity index (χ1v) is 6.82. The number of nitrogens with zero attached hydrogens (tertiary/aromatic N) is 2. The van der Waals surface area contributed by atoms with Crippen molar-refractivity contribution < 1.29 is 9.53 Å². The third kappa shape index (κ3) is 3.33. The van der Waals surface area contributed by atoms with Crippen LogP contribution in [0.15, 0.2) is 24.3 Å². The molecule has 0 bridgehead atoms. The summed E-state index contributed by atoms with van der Waals surface area (Å²) in [6.07, 6.45) is 1.54. The molecule has 2 aromatic rings. The lowest BCUT2D eigenvalue weighted by Crippen LogP contribution is -2.16. The van der Waals surface area contributed by atoms with E-state index in [9.17, 15) is 4.79 Å². The first-order valence-electron chi connectivity index (χ1n) is 6.41. The molecule has 0 aliphatic carbocycles. The molecule has 6 heteroatoms. The standard InChI is InChI=1S/C14H17N3O2S/c1-19-14(18)7-4-8-17-11-6-3-2-5-10(11)16-13(17)9-12(15)20/h2-3,5-6H,4,7-9H2,1H3,(H2,15,20). The fraction of sp³-hybridized carbons (Fsp3) is 0.357. The minimum atomic E-state index is -0.203. The summed E-state index contributed by atoms with van der Waals surface area (Å²) in [5.74, 6) is 0.633. The van der Waals surface area contributed by atoms with Gasteiger partial charge in [0, 0.05) is 13.0 Å². The number of fused-ring (bicyclic) bond motifs is 1. The highest BCUT2D eigenvalue weighted by molar-refractivity contribution is 7.80. The Bertz CT molecular complexity index is 636. The van der Waals surface area contributed by atoms with E-state index in [2.05, 4.69) is 14.3 Å². The number of ether oxygens (including phenoxy) is 1. The highest BCUT2D eigenvalue weighted by Gasteiger charge is 2.11. The molecular formula is C14H17N3O2S. The van der Waals surface area contributed by atoms with Crippen LogP contribution in [0.1, 0.15) is 18.7 Å². The van der Waals surface area contributed by atoms with Gasteiger partial charge in [-0.25, -0.2) is 4.98 Å². The molecule has 5 nitrogen and oxygen atoms in total. The predicted molar refractivity (Wildman–Crippen MR) is 81.5 cm³/mol. The minimum absolute atomic E-state index is 0.203.